The Morgan fingerprint density at radius 2 is 2.11 bits per heavy atom. The van der Waals surface area contributed by atoms with Crippen molar-refractivity contribution < 1.29 is 9.53 Å². The Morgan fingerprint density at radius 3 is 2.83 bits per heavy atom. The highest BCUT2D eigenvalue weighted by molar-refractivity contribution is 5.72. The quantitative estimate of drug-likeness (QED) is 0.208. The Kier molecular flexibility index (Phi) is 10.1. The molecule has 5 unspecified atom stereocenters. The van der Waals surface area contributed by atoms with E-state index in [4.69, 9.17) is 4.74 Å². The van der Waals surface area contributed by atoms with Crippen LogP contribution in [0.4, 0.5) is 0 Å². The van der Waals surface area contributed by atoms with Crippen LogP contribution in [0.1, 0.15) is 85.0 Å². The van der Waals surface area contributed by atoms with Gasteiger partial charge in [0.1, 0.15) is 6.10 Å². The van der Waals surface area contributed by atoms with E-state index < -0.39 is 0 Å². The minimum atomic E-state index is -0.0981. The summed E-state index contributed by atoms with van der Waals surface area (Å²) in [7, 11) is 0. The van der Waals surface area contributed by atoms with E-state index >= 15 is 0 Å². The molecule has 4 heteroatoms. The number of carbonyl (C=O) groups is 1. The molecule has 0 spiro atoms. The first-order valence-corrected chi connectivity index (χ1v) is 13.6. The normalized spacial score (nSPS) is 28.7. The van der Waals surface area contributed by atoms with Gasteiger partial charge in [-0.1, -0.05) is 56.0 Å². The summed E-state index contributed by atoms with van der Waals surface area (Å²) in [5.74, 6) is 0.405. The maximum absolute atomic E-state index is 13.1. The van der Waals surface area contributed by atoms with Crippen LogP contribution in [0.25, 0.3) is 0 Å². The van der Waals surface area contributed by atoms with Crippen LogP contribution in [0, 0.1) is 17.8 Å². The van der Waals surface area contributed by atoms with Crippen LogP contribution in [0.15, 0.2) is 72.3 Å². The van der Waals surface area contributed by atoms with Gasteiger partial charge in [0, 0.05) is 18.4 Å². The smallest absolute Gasteiger partial charge is 0.309 e. The molecule has 1 aliphatic heterocycles. The minimum absolute atomic E-state index is 0.00914. The van der Waals surface area contributed by atoms with E-state index in [1.54, 1.807) is 6.20 Å². The van der Waals surface area contributed by atoms with Gasteiger partial charge in [-0.05, 0) is 89.3 Å². The van der Waals surface area contributed by atoms with Crippen LogP contribution in [0.3, 0.4) is 0 Å². The molecule has 0 aromatic carbocycles. The van der Waals surface area contributed by atoms with Crippen LogP contribution in [0.5, 0.6) is 0 Å². The molecule has 0 amide bonds. The monoisotopic (exact) mass is 478 g/mol. The van der Waals surface area contributed by atoms with Crippen LogP contribution in [-0.2, 0) is 9.53 Å². The Morgan fingerprint density at radius 1 is 1.31 bits per heavy atom. The molecular formula is C31H46N2O2. The molecule has 192 valence electrons. The van der Waals surface area contributed by atoms with Gasteiger partial charge in [0.2, 0.25) is 0 Å². The van der Waals surface area contributed by atoms with E-state index in [1.807, 2.05) is 0 Å². The van der Waals surface area contributed by atoms with Gasteiger partial charge in [-0.25, -0.2) is 0 Å². The molecule has 0 bridgehead atoms. The molecule has 4 nitrogen and oxygen atoms in total. The fourth-order valence-electron chi connectivity index (χ4n) is 5.63. The molecular weight excluding hydrogens is 432 g/mol. The van der Waals surface area contributed by atoms with E-state index in [2.05, 4.69) is 69.4 Å². The fourth-order valence-corrected chi connectivity index (χ4v) is 5.63. The number of esters is 1. The van der Waals surface area contributed by atoms with Gasteiger partial charge >= 0.3 is 5.97 Å². The third-order valence-corrected chi connectivity index (χ3v) is 7.92. The van der Waals surface area contributed by atoms with Gasteiger partial charge in [-0.3, -0.25) is 4.79 Å². The molecule has 5 atom stereocenters. The second kappa shape index (κ2) is 13.0. The van der Waals surface area contributed by atoms with Gasteiger partial charge < -0.3 is 15.4 Å². The summed E-state index contributed by atoms with van der Waals surface area (Å²) in [4.78, 5) is 13.1. The van der Waals surface area contributed by atoms with Gasteiger partial charge in [0.05, 0.1) is 17.3 Å². The standard InChI is InChI=1S/C31H46N2O2/c1-7-25(31(34)35-28-14-10-9-12-21(3)18-28)19-27-20-26(17-16-22(27)4)24(6)30(32-8-2)29-15-11-13-23(5)33-29/h8,15-17,23,25-28,32-33H,2-4,7,9-14,18-20H2,1,5-6H3/b30-24+. The number of nitrogens with one attached hydrogen (secondary N) is 2. The zero-order chi connectivity index (χ0) is 25.4. The van der Waals surface area contributed by atoms with E-state index in [1.165, 1.54) is 11.1 Å². The van der Waals surface area contributed by atoms with Crippen molar-refractivity contribution in [1.29, 1.82) is 0 Å². The molecule has 2 N–H and O–H groups in total. The lowest BCUT2D eigenvalue weighted by molar-refractivity contribution is -0.155. The molecule has 0 aromatic heterocycles. The Labute approximate surface area is 213 Å². The molecule has 2 aliphatic carbocycles. The number of hydrogen-bond acceptors (Lipinski definition) is 4. The Bertz CT molecular complexity index is 894. The molecule has 1 fully saturated rings. The number of rotatable bonds is 9. The fraction of sp³-hybridized carbons (Fsp3) is 0.581. The average Bonchev–Trinajstić information content (AvgIpc) is 3.04. The molecule has 3 rings (SSSR count). The molecule has 0 radical (unpaired) electrons. The summed E-state index contributed by atoms with van der Waals surface area (Å²) < 4.78 is 6.01. The SMILES string of the molecule is C=CN/C(C1=CCCC(C)N1)=C(\C)C1C=CC(=C)C(CC(CC)C(=O)OC2CCCCC(=C)C2)C1. The molecule has 0 saturated heterocycles. The first kappa shape index (κ1) is 27.1. The lowest BCUT2D eigenvalue weighted by atomic mass is 9.75. The second-order valence-electron chi connectivity index (χ2n) is 10.7. The van der Waals surface area contributed by atoms with Crippen molar-refractivity contribution >= 4 is 5.97 Å². The first-order valence-electron chi connectivity index (χ1n) is 13.6. The van der Waals surface area contributed by atoms with Crippen molar-refractivity contribution in [2.24, 2.45) is 17.8 Å². The summed E-state index contributed by atoms with van der Waals surface area (Å²) in [5, 5.41) is 7.02. The minimum Gasteiger partial charge on any atom is -0.462 e. The summed E-state index contributed by atoms with van der Waals surface area (Å²) in [6.45, 7) is 18.9. The van der Waals surface area contributed by atoms with E-state index in [0.29, 0.717) is 6.04 Å². The van der Waals surface area contributed by atoms with E-state index in [-0.39, 0.29) is 29.8 Å². The second-order valence-corrected chi connectivity index (χ2v) is 10.7. The third kappa shape index (κ3) is 7.49. The Hall–Kier alpha value is -2.49. The maximum Gasteiger partial charge on any atom is 0.309 e. The zero-order valence-electron chi connectivity index (χ0n) is 22.2. The van der Waals surface area contributed by atoms with Crippen molar-refractivity contribution in [2.45, 2.75) is 97.1 Å². The van der Waals surface area contributed by atoms with Crippen LogP contribution < -0.4 is 10.6 Å². The van der Waals surface area contributed by atoms with Gasteiger partial charge in [-0.2, -0.15) is 0 Å². The van der Waals surface area contributed by atoms with Crippen LogP contribution in [0.2, 0.25) is 0 Å². The number of allylic oxidation sites excluding steroid dienone is 5. The third-order valence-electron chi connectivity index (χ3n) is 7.92. The highest BCUT2D eigenvalue weighted by Crippen LogP contribution is 2.38. The topological polar surface area (TPSA) is 50.4 Å². The van der Waals surface area contributed by atoms with E-state index in [9.17, 15) is 4.79 Å². The molecule has 35 heavy (non-hydrogen) atoms. The summed E-state index contributed by atoms with van der Waals surface area (Å²) >= 11 is 0. The van der Waals surface area contributed by atoms with Gasteiger partial charge in [-0.15, -0.1) is 0 Å². The molecule has 0 aromatic rings. The molecule has 1 heterocycles. The lowest BCUT2D eigenvalue weighted by Gasteiger charge is -2.32. The lowest BCUT2D eigenvalue weighted by Crippen LogP contribution is -2.33. The van der Waals surface area contributed by atoms with Crippen molar-refractivity contribution in [3.63, 3.8) is 0 Å². The van der Waals surface area contributed by atoms with Crippen molar-refractivity contribution in [3.8, 4) is 0 Å². The van der Waals surface area contributed by atoms with Crippen molar-refractivity contribution in [2.75, 3.05) is 0 Å². The number of hydrogen-bond donors (Lipinski definition) is 2. The highest BCUT2D eigenvalue weighted by atomic mass is 16.5. The van der Waals surface area contributed by atoms with Gasteiger partial charge in [0.15, 0.2) is 0 Å². The highest BCUT2D eigenvalue weighted by Gasteiger charge is 2.30. The average molecular weight is 479 g/mol. The maximum atomic E-state index is 13.1. The Balaban J connectivity index is 1.70. The van der Waals surface area contributed by atoms with Crippen LogP contribution >= 0.6 is 0 Å². The predicted octanol–water partition coefficient (Wildman–Crippen LogP) is 7.25. The first-order chi connectivity index (χ1) is 16.8. The van der Waals surface area contributed by atoms with E-state index in [0.717, 1.165) is 81.2 Å². The number of ether oxygens (including phenoxy) is 1. The largest absolute Gasteiger partial charge is 0.462 e. The van der Waals surface area contributed by atoms with Gasteiger partial charge in [0.25, 0.3) is 0 Å². The molecule has 3 aliphatic rings. The predicted molar refractivity (Wildman–Crippen MR) is 146 cm³/mol. The summed E-state index contributed by atoms with van der Waals surface area (Å²) in [6.07, 6.45) is 18.3. The summed E-state index contributed by atoms with van der Waals surface area (Å²) in [6, 6.07) is 0.459. The molecule has 1 saturated carbocycles. The number of carbonyl (C=O) groups excluding carboxylic acids is 1. The van der Waals surface area contributed by atoms with Crippen molar-refractivity contribution in [3.05, 3.63) is 72.3 Å². The van der Waals surface area contributed by atoms with Crippen molar-refractivity contribution in [1.82, 2.24) is 10.6 Å². The summed E-state index contributed by atoms with van der Waals surface area (Å²) in [5.41, 5.74) is 5.90. The van der Waals surface area contributed by atoms with Crippen LogP contribution in [-0.4, -0.2) is 18.1 Å². The zero-order valence-corrected chi connectivity index (χ0v) is 22.2.